The normalized spacial score (nSPS) is 11.6. The minimum atomic E-state index is 0.338. The molecule has 0 saturated heterocycles. The summed E-state index contributed by atoms with van der Waals surface area (Å²) < 4.78 is 0. The van der Waals surface area contributed by atoms with Crippen LogP contribution in [0.2, 0.25) is 0 Å². The molecule has 82 valence electrons. The highest BCUT2D eigenvalue weighted by molar-refractivity contribution is 5.95. The molecule has 0 fully saturated rings. The van der Waals surface area contributed by atoms with Gasteiger partial charge >= 0.3 is 0 Å². The first kappa shape index (κ1) is 11.6. The van der Waals surface area contributed by atoms with Crippen molar-refractivity contribution in [2.24, 2.45) is 4.99 Å². The van der Waals surface area contributed by atoms with Gasteiger partial charge in [0, 0.05) is 19.2 Å². The second-order valence-corrected chi connectivity index (χ2v) is 3.60. The molecule has 0 spiro atoms. The fourth-order valence-electron chi connectivity index (χ4n) is 1.39. The number of nitrogens with one attached hydrogen (secondary N) is 1. The number of phenolic OH excluding ortho intramolecular Hbond substituents is 1. The molecular weight excluding hydrogens is 188 g/mol. The van der Waals surface area contributed by atoms with Gasteiger partial charge in [-0.15, -0.1) is 0 Å². The highest BCUT2D eigenvalue weighted by atomic mass is 16.3. The van der Waals surface area contributed by atoms with E-state index in [4.69, 9.17) is 0 Å². The van der Waals surface area contributed by atoms with Crippen molar-refractivity contribution in [1.82, 2.24) is 0 Å². The van der Waals surface area contributed by atoms with E-state index in [-0.39, 0.29) is 0 Å². The van der Waals surface area contributed by atoms with Gasteiger partial charge in [-0.2, -0.15) is 0 Å². The van der Waals surface area contributed by atoms with E-state index in [0.717, 1.165) is 29.1 Å². The van der Waals surface area contributed by atoms with Gasteiger partial charge in [0.1, 0.15) is 11.6 Å². The van der Waals surface area contributed by atoms with Crippen LogP contribution in [-0.2, 0) is 0 Å². The number of hydrogen-bond acceptors (Lipinski definition) is 2. The van der Waals surface area contributed by atoms with Gasteiger partial charge in [0.2, 0.25) is 0 Å². The summed E-state index contributed by atoms with van der Waals surface area (Å²) in [5.41, 5.74) is 2.90. The number of aryl methyl sites for hydroxylation is 2. The number of nitrogens with zero attached hydrogens (tertiary/aromatic N) is 1. The van der Waals surface area contributed by atoms with Crippen molar-refractivity contribution in [2.45, 2.75) is 27.2 Å². The van der Waals surface area contributed by atoms with Crippen molar-refractivity contribution in [3.8, 4) is 5.75 Å². The van der Waals surface area contributed by atoms with E-state index >= 15 is 0 Å². The van der Waals surface area contributed by atoms with Gasteiger partial charge in [0.15, 0.2) is 0 Å². The molecule has 3 nitrogen and oxygen atoms in total. The number of aliphatic imine (C=N–C) groups is 1. The van der Waals surface area contributed by atoms with Crippen LogP contribution in [0, 0.1) is 13.8 Å². The summed E-state index contributed by atoms with van der Waals surface area (Å²) in [7, 11) is 1.77. The maximum atomic E-state index is 9.52. The average Bonchev–Trinajstić information content (AvgIpc) is 2.21. The zero-order chi connectivity index (χ0) is 11.4. The zero-order valence-corrected chi connectivity index (χ0v) is 9.76. The number of hydrogen-bond donors (Lipinski definition) is 2. The van der Waals surface area contributed by atoms with E-state index in [1.165, 1.54) is 0 Å². The number of anilines is 1. The predicted octanol–water partition coefficient (Wildman–Crippen LogP) is 2.86. The van der Waals surface area contributed by atoms with E-state index in [9.17, 15) is 5.11 Å². The number of benzene rings is 1. The van der Waals surface area contributed by atoms with Gasteiger partial charge in [-0.25, -0.2) is 0 Å². The number of phenols is 1. The van der Waals surface area contributed by atoms with Crippen LogP contribution in [0.4, 0.5) is 5.69 Å². The first-order valence-corrected chi connectivity index (χ1v) is 5.11. The van der Waals surface area contributed by atoms with Crippen LogP contribution in [0.1, 0.15) is 24.5 Å². The molecule has 3 heteroatoms. The van der Waals surface area contributed by atoms with Gasteiger partial charge in [-0.05, 0) is 37.1 Å². The molecule has 1 rings (SSSR count). The first-order valence-electron chi connectivity index (χ1n) is 5.11. The fourth-order valence-corrected chi connectivity index (χ4v) is 1.39. The molecule has 1 aromatic rings. The molecule has 2 N–H and O–H groups in total. The molecular formula is C12H18N2O. The van der Waals surface area contributed by atoms with Crippen LogP contribution in [0.15, 0.2) is 17.1 Å². The summed E-state index contributed by atoms with van der Waals surface area (Å²) >= 11 is 0. The lowest BCUT2D eigenvalue weighted by atomic mass is 10.1. The lowest BCUT2D eigenvalue weighted by Crippen LogP contribution is -2.11. The van der Waals surface area contributed by atoms with Crippen LogP contribution >= 0.6 is 0 Å². The molecule has 0 heterocycles. The van der Waals surface area contributed by atoms with E-state index in [0.29, 0.717) is 5.75 Å². The van der Waals surface area contributed by atoms with Crippen LogP contribution in [0.25, 0.3) is 0 Å². The molecule has 0 aromatic heterocycles. The van der Waals surface area contributed by atoms with Crippen molar-refractivity contribution < 1.29 is 5.11 Å². The summed E-state index contributed by atoms with van der Waals surface area (Å²) in [4.78, 5) is 4.14. The monoisotopic (exact) mass is 206 g/mol. The molecule has 0 atom stereocenters. The van der Waals surface area contributed by atoms with Crippen LogP contribution in [0.3, 0.4) is 0 Å². The standard InChI is InChI=1S/C12H18N2O/c1-5-12(13-4)14-10-6-9(3)11(15)7-8(10)2/h6-7,15H,5H2,1-4H3,(H,13,14). The molecule has 0 aliphatic heterocycles. The molecule has 1 aromatic carbocycles. The molecule has 0 saturated carbocycles. The van der Waals surface area contributed by atoms with E-state index < -0.39 is 0 Å². The van der Waals surface area contributed by atoms with E-state index in [1.54, 1.807) is 13.1 Å². The van der Waals surface area contributed by atoms with E-state index in [1.807, 2.05) is 19.9 Å². The van der Waals surface area contributed by atoms with Crippen LogP contribution in [-0.4, -0.2) is 18.0 Å². The summed E-state index contributed by atoms with van der Waals surface area (Å²) in [6.07, 6.45) is 0.871. The third kappa shape index (κ3) is 2.72. The Morgan fingerprint density at radius 2 is 2.00 bits per heavy atom. The smallest absolute Gasteiger partial charge is 0.118 e. The highest BCUT2D eigenvalue weighted by Crippen LogP contribution is 2.25. The number of aromatic hydroxyl groups is 1. The first-order chi connectivity index (χ1) is 7.08. The molecule has 0 bridgehead atoms. The zero-order valence-electron chi connectivity index (χ0n) is 9.76. The molecule has 0 unspecified atom stereocenters. The van der Waals surface area contributed by atoms with Gasteiger partial charge < -0.3 is 10.4 Å². The second kappa shape index (κ2) is 4.82. The molecule has 15 heavy (non-hydrogen) atoms. The Bertz CT molecular complexity index is 383. The maximum Gasteiger partial charge on any atom is 0.118 e. The van der Waals surface area contributed by atoms with Crippen molar-refractivity contribution in [2.75, 3.05) is 12.4 Å². The van der Waals surface area contributed by atoms with Gasteiger partial charge in [0.05, 0.1) is 0 Å². The van der Waals surface area contributed by atoms with Crippen LogP contribution in [0.5, 0.6) is 5.75 Å². The van der Waals surface area contributed by atoms with Crippen molar-refractivity contribution in [3.63, 3.8) is 0 Å². The second-order valence-electron chi connectivity index (χ2n) is 3.60. The van der Waals surface area contributed by atoms with Crippen molar-refractivity contribution in [3.05, 3.63) is 23.3 Å². The molecule has 0 amide bonds. The number of rotatable bonds is 2. The Morgan fingerprint density at radius 1 is 1.33 bits per heavy atom. The maximum absolute atomic E-state index is 9.52. The van der Waals surface area contributed by atoms with Gasteiger partial charge in [-0.3, -0.25) is 4.99 Å². The SMILES string of the molecule is CCC(=NC)Nc1cc(C)c(O)cc1C. The summed E-state index contributed by atoms with van der Waals surface area (Å²) in [6, 6.07) is 3.70. The molecule has 0 aliphatic rings. The van der Waals surface area contributed by atoms with Crippen LogP contribution < -0.4 is 5.32 Å². The van der Waals surface area contributed by atoms with Gasteiger partial charge in [-0.1, -0.05) is 6.92 Å². The summed E-state index contributed by atoms with van der Waals surface area (Å²) in [5, 5.41) is 12.8. The van der Waals surface area contributed by atoms with Crippen molar-refractivity contribution >= 4 is 11.5 Å². The number of amidine groups is 1. The lowest BCUT2D eigenvalue weighted by molar-refractivity contribution is 0.471. The Labute approximate surface area is 90.9 Å². The van der Waals surface area contributed by atoms with E-state index in [2.05, 4.69) is 17.2 Å². The minimum Gasteiger partial charge on any atom is -0.508 e. The van der Waals surface area contributed by atoms with Crippen molar-refractivity contribution in [1.29, 1.82) is 0 Å². The Kier molecular flexibility index (Phi) is 3.72. The summed E-state index contributed by atoms with van der Waals surface area (Å²) in [6.45, 7) is 5.90. The average molecular weight is 206 g/mol. The predicted molar refractivity (Wildman–Crippen MR) is 64.9 cm³/mol. The Balaban J connectivity index is 3.00. The molecule has 0 aliphatic carbocycles. The summed E-state index contributed by atoms with van der Waals surface area (Å²) in [5.74, 6) is 1.28. The Morgan fingerprint density at radius 3 is 2.53 bits per heavy atom. The highest BCUT2D eigenvalue weighted by Gasteiger charge is 2.04. The fraction of sp³-hybridized carbons (Fsp3) is 0.417. The lowest BCUT2D eigenvalue weighted by Gasteiger charge is -2.12. The van der Waals surface area contributed by atoms with Gasteiger partial charge in [0.25, 0.3) is 0 Å². The minimum absolute atomic E-state index is 0.338. The Hall–Kier alpha value is -1.51. The third-order valence-corrected chi connectivity index (χ3v) is 2.43. The molecule has 0 radical (unpaired) electrons. The third-order valence-electron chi connectivity index (χ3n) is 2.43. The topological polar surface area (TPSA) is 44.6 Å². The largest absolute Gasteiger partial charge is 0.508 e. The quantitative estimate of drug-likeness (QED) is 0.444.